The zero-order valence-corrected chi connectivity index (χ0v) is 17.9. The lowest BCUT2D eigenvalue weighted by molar-refractivity contribution is -0.141. The van der Waals surface area contributed by atoms with Gasteiger partial charge in [0.25, 0.3) is 0 Å². The van der Waals surface area contributed by atoms with Gasteiger partial charge in [-0.3, -0.25) is 9.59 Å². The van der Waals surface area contributed by atoms with Crippen molar-refractivity contribution in [3.8, 4) is 0 Å². The van der Waals surface area contributed by atoms with Gasteiger partial charge < -0.3 is 19.6 Å². The highest BCUT2D eigenvalue weighted by atomic mass is 16.2. The zero-order valence-electron chi connectivity index (χ0n) is 17.9. The van der Waals surface area contributed by atoms with E-state index in [9.17, 15) is 9.59 Å². The van der Waals surface area contributed by atoms with E-state index in [0.29, 0.717) is 19.5 Å². The molecule has 0 radical (unpaired) electrons. The minimum atomic E-state index is -0.0994. The molecule has 3 aliphatic heterocycles. The Balaban J connectivity index is 1.62. The zero-order chi connectivity index (χ0) is 20.5. The van der Waals surface area contributed by atoms with Crippen LogP contribution < -0.4 is 4.90 Å². The van der Waals surface area contributed by atoms with Gasteiger partial charge in [0.2, 0.25) is 11.8 Å². The van der Waals surface area contributed by atoms with Crippen LogP contribution in [0.25, 0.3) is 0 Å². The molecule has 2 fully saturated rings. The van der Waals surface area contributed by atoms with E-state index < -0.39 is 0 Å². The second-order valence-electron chi connectivity index (χ2n) is 8.73. The highest BCUT2D eigenvalue weighted by Crippen LogP contribution is 2.33. The van der Waals surface area contributed by atoms with Crippen molar-refractivity contribution >= 4 is 17.6 Å². The van der Waals surface area contributed by atoms with E-state index in [1.54, 1.807) is 4.90 Å². The van der Waals surface area contributed by atoms with Gasteiger partial charge in [-0.15, -0.1) is 0 Å². The number of hydrogen-bond donors (Lipinski definition) is 0. The summed E-state index contributed by atoms with van der Waals surface area (Å²) in [7, 11) is 6.16. The molecule has 0 unspecified atom stereocenters. The summed E-state index contributed by atoms with van der Waals surface area (Å²) in [6.45, 7) is 3.43. The van der Waals surface area contributed by atoms with Crippen molar-refractivity contribution in [1.29, 1.82) is 0 Å². The van der Waals surface area contributed by atoms with Gasteiger partial charge >= 0.3 is 0 Å². The summed E-state index contributed by atoms with van der Waals surface area (Å²) in [5, 5.41) is 0. The molecule has 2 amide bonds. The number of amides is 2. The molecule has 8 heteroatoms. The van der Waals surface area contributed by atoms with E-state index in [-0.39, 0.29) is 24.4 Å². The molecule has 0 spiro atoms. The molecular weight excluding hydrogens is 368 g/mol. The molecule has 0 aliphatic carbocycles. The molecule has 158 valence electrons. The van der Waals surface area contributed by atoms with Crippen LogP contribution in [0.1, 0.15) is 55.2 Å². The number of aromatic nitrogens is 2. The minimum absolute atomic E-state index is 0.0254. The van der Waals surface area contributed by atoms with Crippen LogP contribution in [0.2, 0.25) is 0 Å². The molecule has 0 saturated carbocycles. The van der Waals surface area contributed by atoms with Crippen molar-refractivity contribution in [2.24, 2.45) is 0 Å². The van der Waals surface area contributed by atoms with Gasteiger partial charge in [-0.2, -0.15) is 0 Å². The first-order valence-corrected chi connectivity index (χ1v) is 10.8. The van der Waals surface area contributed by atoms with Crippen molar-refractivity contribution in [1.82, 2.24) is 24.7 Å². The van der Waals surface area contributed by atoms with E-state index in [2.05, 4.69) is 16.8 Å². The van der Waals surface area contributed by atoms with E-state index in [4.69, 9.17) is 9.97 Å². The fourth-order valence-corrected chi connectivity index (χ4v) is 4.69. The molecule has 2 saturated heterocycles. The van der Waals surface area contributed by atoms with Gasteiger partial charge in [-0.1, -0.05) is 0 Å². The van der Waals surface area contributed by atoms with E-state index in [1.807, 2.05) is 19.0 Å². The van der Waals surface area contributed by atoms with Gasteiger partial charge in [-0.25, -0.2) is 9.97 Å². The number of rotatable bonds is 4. The molecule has 4 rings (SSSR count). The predicted octanol–water partition coefficient (Wildman–Crippen LogP) is 1.21. The lowest BCUT2D eigenvalue weighted by Gasteiger charge is -2.37. The summed E-state index contributed by atoms with van der Waals surface area (Å²) in [4.78, 5) is 42.9. The quantitative estimate of drug-likeness (QED) is 0.756. The molecule has 1 aromatic rings. The molecule has 1 aromatic heterocycles. The number of fused-ring (bicyclic) bond motifs is 1. The Morgan fingerprint density at radius 1 is 1.10 bits per heavy atom. The maximum absolute atomic E-state index is 13.1. The summed E-state index contributed by atoms with van der Waals surface area (Å²) < 4.78 is 0. The summed E-state index contributed by atoms with van der Waals surface area (Å²) in [6, 6.07) is -0.0994. The molecule has 3 aliphatic rings. The maximum atomic E-state index is 13.1. The third-order valence-electron chi connectivity index (χ3n) is 6.29. The second-order valence-corrected chi connectivity index (χ2v) is 8.73. The number of hydrogen-bond acceptors (Lipinski definition) is 6. The van der Waals surface area contributed by atoms with Crippen molar-refractivity contribution in [2.75, 3.05) is 52.2 Å². The first kappa shape index (κ1) is 20.1. The van der Waals surface area contributed by atoms with Crippen molar-refractivity contribution in [2.45, 2.75) is 51.1 Å². The monoisotopic (exact) mass is 400 g/mol. The first-order chi connectivity index (χ1) is 13.9. The van der Waals surface area contributed by atoms with E-state index in [1.165, 1.54) is 5.56 Å². The van der Waals surface area contributed by atoms with Gasteiger partial charge in [-0.05, 0) is 32.7 Å². The number of carbonyl (C=O) groups is 2. The summed E-state index contributed by atoms with van der Waals surface area (Å²) >= 11 is 0. The fraction of sp³-hybridized carbons (Fsp3) is 0.714. The van der Waals surface area contributed by atoms with Crippen LogP contribution in [0, 0.1) is 0 Å². The minimum Gasteiger partial charge on any atom is -0.362 e. The first-order valence-electron chi connectivity index (χ1n) is 10.8. The average Bonchev–Trinajstić information content (AvgIpc) is 3.11. The predicted molar refractivity (Wildman–Crippen MR) is 111 cm³/mol. The Morgan fingerprint density at radius 3 is 2.66 bits per heavy atom. The van der Waals surface area contributed by atoms with Crippen LogP contribution in [0.5, 0.6) is 0 Å². The number of likely N-dealkylation sites (N-methyl/N-ethyl adjacent to an activating group) is 1. The van der Waals surface area contributed by atoms with Crippen LogP contribution in [-0.4, -0.2) is 83.8 Å². The van der Waals surface area contributed by atoms with Crippen molar-refractivity contribution < 1.29 is 9.59 Å². The standard InChI is InChI=1S/C21H32N6O2/c1-24(2)21-15-13-25(3)12-9-16(15)22-20(23-21)17-7-4-5-11-27(17)19(29)14-26-10-6-8-18(26)28/h17H,4-14H2,1-3H3/t17-/m0/s1. The number of nitrogens with zero attached hydrogens (tertiary/aromatic N) is 6. The fourth-order valence-electron chi connectivity index (χ4n) is 4.69. The largest absolute Gasteiger partial charge is 0.362 e. The van der Waals surface area contributed by atoms with Crippen LogP contribution in [0.15, 0.2) is 0 Å². The number of anilines is 1. The molecular formula is C21H32N6O2. The Kier molecular flexibility index (Phi) is 5.72. The van der Waals surface area contributed by atoms with E-state index in [0.717, 1.165) is 62.5 Å². The topological polar surface area (TPSA) is 72.9 Å². The SMILES string of the molecule is CN1CCc2nc([C@@H]3CCCCN3C(=O)CN3CCCC3=O)nc(N(C)C)c2C1. The molecule has 0 N–H and O–H groups in total. The van der Waals surface area contributed by atoms with E-state index >= 15 is 0 Å². The number of carbonyl (C=O) groups excluding carboxylic acids is 2. The lowest BCUT2D eigenvalue weighted by atomic mass is 9.99. The maximum Gasteiger partial charge on any atom is 0.242 e. The molecule has 0 bridgehead atoms. The summed E-state index contributed by atoms with van der Waals surface area (Å²) in [5.41, 5.74) is 2.31. The third kappa shape index (κ3) is 4.08. The Morgan fingerprint density at radius 2 is 1.93 bits per heavy atom. The molecule has 29 heavy (non-hydrogen) atoms. The molecule has 0 aromatic carbocycles. The average molecular weight is 401 g/mol. The van der Waals surface area contributed by atoms with Gasteiger partial charge in [0, 0.05) is 58.7 Å². The van der Waals surface area contributed by atoms with Crippen LogP contribution in [0.3, 0.4) is 0 Å². The second kappa shape index (κ2) is 8.26. The Bertz CT molecular complexity index is 796. The third-order valence-corrected chi connectivity index (χ3v) is 6.29. The summed E-state index contributed by atoms with van der Waals surface area (Å²) in [5.74, 6) is 1.84. The smallest absolute Gasteiger partial charge is 0.242 e. The lowest BCUT2D eigenvalue weighted by Crippen LogP contribution is -2.45. The van der Waals surface area contributed by atoms with Gasteiger partial charge in [0.1, 0.15) is 5.82 Å². The molecule has 1 atom stereocenters. The van der Waals surface area contributed by atoms with Crippen molar-refractivity contribution in [3.05, 3.63) is 17.1 Å². The van der Waals surface area contributed by atoms with Crippen LogP contribution >= 0.6 is 0 Å². The highest BCUT2D eigenvalue weighted by Gasteiger charge is 2.34. The van der Waals surface area contributed by atoms with Crippen LogP contribution in [0.4, 0.5) is 5.82 Å². The van der Waals surface area contributed by atoms with Crippen molar-refractivity contribution in [3.63, 3.8) is 0 Å². The normalized spacial score (nSPS) is 22.7. The number of likely N-dealkylation sites (tertiary alicyclic amines) is 2. The van der Waals surface area contributed by atoms with Gasteiger partial charge in [0.05, 0.1) is 18.3 Å². The Hall–Kier alpha value is -2.22. The number of piperidine rings is 1. The molecule has 8 nitrogen and oxygen atoms in total. The Labute approximate surface area is 172 Å². The van der Waals surface area contributed by atoms with Gasteiger partial charge in [0.15, 0.2) is 5.82 Å². The summed E-state index contributed by atoms with van der Waals surface area (Å²) in [6.07, 6.45) is 5.26. The molecule has 4 heterocycles. The van der Waals surface area contributed by atoms with Crippen LogP contribution in [-0.2, 0) is 22.6 Å². The highest BCUT2D eigenvalue weighted by molar-refractivity contribution is 5.86.